The van der Waals surface area contributed by atoms with E-state index in [1.165, 1.54) is 30.5 Å². The summed E-state index contributed by atoms with van der Waals surface area (Å²) in [6.07, 6.45) is 2.96. The van der Waals surface area contributed by atoms with Crippen molar-refractivity contribution in [1.82, 2.24) is 4.98 Å². The minimum atomic E-state index is -3.93. The van der Waals surface area contributed by atoms with Crippen LogP contribution in [0.3, 0.4) is 0 Å². The summed E-state index contributed by atoms with van der Waals surface area (Å²) in [5, 5.41) is 0. The number of aromatic nitrogens is 1. The van der Waals surface area contributed by atoms with E-state index in [-0.39, 0.29) is 10.6 Å². The number of anilines is 1. The third-order valence-electron chi connectivity index (χ3n) is 3.05. The maximum absolute atomic E-state index is 13.5. The van der Waals surface area contributed by atoms with Crippen LogP contribution in [0.15, 0.2) is 41.6 Å². The first-order valence-corrected chi connectivity index (χ1v) is 8.06. The summed E-state index contributed by atoms with van der Waals surface area (Å²) in [5.41, 5.74) is -0.165. The molecule has 0 aliphatic carbocycles. The van der Waals surface area contributed by atoms with Crippen molar-refractivity contribution in [3.8, 4) is 11.5 Å². The fourth-order valence-corrected chi connectivity index (χ4v) is 3.05. The maximum atomic E-state index is 13.5. The zero-order valence-electron chi connectivity index (χ0n) is 11.5. The molecule has 0 saturated carbocycles. The minimum absolute atomic E-state index is 0.0343. The quantitative estimate of drug-likeness (QED) is 0.936. The number of benzene rings is 1. The molecule has 1 aromatic heterocycles. The second-order valence-electron chi connectivity index (χ2n) is 4.62. The number of hydrogen-bond acceptors (Lipinski definition) is 5. The Morgan fingerprint density at radius 1 is 1.14 bits per heavy atom. The van der Waals surface area contributed by atoms with Crippen molar-refractivity contribution in [1.29, 1.82) is 0 Å². The Balaban J connectivity index is 1.92. The Morgan fingerprint density at radius 2 is 1.91 bits per heavy atom. The molecular weight excluding hydrogens is 311 g/mol. The van der Waals surface area contributed by atoms with Gasteiger partial charge in [0.05, 0.1) is 30.0 Å². The van der Waals surface area contributed by atoms with Crippen molar-refractivity contribution < 1.29 is 22.3 Å². The number of pyridine rings is 1. The number of hydrogen-bond donors (Lipinski definition) is 1. The van der Waals surface area contributed by atoms with Gasteiger partial charge in [-0.2, -0.15) is 0 Å². The molecule has 1 aliphatic heterocycles. The molecule has 0 fully saturated rings. The van der Waals surface area contributed by atoms with Crippen molar-refractivity contribution in [2.24, 2.45) is 0 Å². The molecule has 3 rings (SSSR count). The van der Waals surface area contributed by atoms with Gasteiger partial charge in [-0.15, -0.1) is 0 Å². The average Bonchev–Trinajstić information content (AvgIpc) is 2.74. The molecule has 2 aromatic rings. The van der Waals surface area contributed by atoms with Gasteiger partial charge in [0.25, 0.3) is 10.0 Å². The van der Waals surface area contributed by atoms with Gasteiger partial charge in [-0.3, -0.25) is 9.71 Å². The van der Waals surface area contributed by atoms with Crippen LogP contribution in [-0.4, -0.2) is 26.6 Å². The van der Waals surface area contributed by atoms with E-state index < -0.39 is 15.8 Å². The molecule has 0 saturated heterocycles. The summed E-state index contributed by atoms with van der Waals surface area (Å²) < 4.78 is 51.3. The first-order chi connectivity index (χ1) is 10.6. The SMILES string of the molecule is O=S(=O)(Nc1ccncc1F)c1ccc2c(c1)OCCCO2. The third-order valence-corrected chi connectivity index (χ3v) is 4.41. The van der Waals surface area contributed by atoms with Gasteiger partial charge in [0.2, 0.25) is 0 Å². The van der Waals surface area contributed by atoms with Crippen LogP contribution in [0.4, 0.5) is 10.1 Å². The highest BCUT2D eigenvalue weighted by Gasteiger charge is 2.20. The predicted molar refractivity (Wildman–Crippen MR) is 77.1 cm³/mol. The molecule has 1 N–H and O–H groups in total. The summed E-state index contributed by atoms with van der Waals surface area (Å²) in [6, 6.07) is 5.52. The highest BCUT2D eigenvalue weighted by molar-refractivity contribution is 7.92. The van der Waals surface area contributed by atoms with Crippen molar-refractivity contribution in [3.63, 3.8) is 0 Å². The van der Waals surface area contributed by atoms with E-state index in [1.807, 2.05) is 0 Å². The molecule has 0 radical (unpaired) electrons. The van der Waals surface area contributed by atoms with E-state index in [4.69, 9.17) is 9.47 Å². The standard InChI is InChI=1S/C14H13FN2O4S/c15-11-9-16-5-4-12(11)17-22(18,19)10-2-3-13-14(8-10)21-7-1-6-20-13/h2-5,8-9H,1,6-7H2,(H,16,17). The van der Waals surface area contributed by atoms with Crippen LogP contribution in [0.5, 0.6) is 11.5 Å². The normalized spacial score (nSPS) is 14.2. The molecule has 1 aliphatic rings. The van der Waals surface area contributed by atoms with Gasteiger partial charge < -0.3 is 9.47 Å². The molecule has 22 heavy (non-hydrogen) atoms. The number of halogens is 1. The lowest BCUT2D eigenvalue weighted by atomic mass is 10.3. The molecule has 0 unspecified atom stereocenters. The lowest BCUT2D eigenvalue weighted by molar-refractivity contribution is 0.297. The first-order valence-electron chi connectivity index (χ1n) is 6.58. The van der Waals surface area contributed by atoms with Gasteiger partial charge in [-0.05, 0) is 18.2 Å². The molecule has 8 heteroatoms. The summed E-state index contributed by atoms with van der Waals surface area (Å²) in [4.78, 5) is 3.54. The van der Waals surface area contributed by atoms with Crippen molar-refractivity contribution in [2.45, 2.75) is 11.3 Å². The van der Waals surface area contributed by atoms with E-state index in [0.717, 1.165) is 12.6 Å². The van der Waals surface area contributed by atoms with Crippen molar-refractivity contribution in [2.75, 3.05) is 17.9 Å². The molecule has 6 nitrogen and oxygen atoms in total. The van der Waals surface area contributed by atoms with Gasteiger partial charge >= 0.3 is 0 Å². The van der Waals surface area contributed by atoms with Gasteiger partial charge in [-0.1, -0.05) is 0 Å². The fourth-order valence-electron chi connectivity index (χ4n) is 1.97. The van der Waals surface area contributed by atoms with Crippen LogP contribution in [0, 0.1) is 5.82 Å². The smallest absolute Gasteiger partial charge is 0.262 e. The zero-order valence-corrected chi connectivity index (χ0v) is 12.3. The molecule has 2 heterocycles. The number of rotatable bonds is 3. The molecule has 0 spiro atoms. The molecular formula is C14H13FN2O4S. The van der Waals surface area contributed by atoms with Crippen LogP contribution in [0.25, 0.3) is 0 Å². The van der Waals surface area contributed by atoms with Crippen LogP contribution >= 0.6 is 0 Å². The number of fused-ring (bicyclic) bond motifs is 1. The van der Waals surface area contributed by atoms with Crippen LogP contribution < -0.4 is 14.2 Å². The first kappa shape index (κ1) is 14.6. The Bertz CT molecular complexity index is 795. The average molecular weight is 324 g/mol. The zero-order chi connectivity index (χ0) is 15.6. The maximum Gasteiger partial charge on any atom is 0.262 e. The fraction of sp³-hybridized carbons (Fsp3) is 0.214. The van der Waals surface area contributed by atoms with Gasteiger partial charge in [0.15, 0.2) is 17.3 Å². The van der Waals surface area contributed by atoms with Crippen LogP contribution in [0.1, 0.15) is 6.42 Å². The summed E-state index contributed by atoms with van der Waals surface area (Å²) in [5.74, 6) is 0.0996. The van der Waals surface area contributed by atoms with E-state index in [9.17, 15) is 12.8 Å². The molecule has 0 amide bonds. The second kappa shape index (κ2) is 5.80. The Labute approximate surface area is 127 Å². The number of ether oxygens (including phenoxy) is 2. The van der Waals surface area contributed by atoms with E-state index in [1.54, 1.807) is 0 Å². The monoisotopic (exact) mass is 324 g/mol. The Morgan fingerprint density at radius 3 is 2.68 bits per heavy atom. The van der Waals surface area contributed by atoms with Gasteiger partial charge in [-0.25, -0.2) is 12.8 Å². The Kier molecular flexibility index (Phi) is 3.84. The molecule has 1 aromatic carbocycles. The summed E-state index contributed by atoms with van der Waals surface area (Å²) >= 11 is 0. The van der Waals surface area contributed by atoms with Crippen molar-refractivity contribution in [3.05, 3.63) is 42.5 Å². The topological polar surface area (TPSA) is 77.5 Å². The minimum Gasteiger partial charge on any atom is -0.490 e. The second-order valence-corrected chi connectivity index (χ2v) is 6.30. The molecule has 116 valence electrons. The summed E-state index contributed by atoms with van der Waals surface area (Å²) in [7, 11) is -3.93. The van der Waals surface area contributed by atoms with E-state index in [2.05, 4.69) is 9.71 Å². The number of nitrogens with zero attached hydrogens (tertiary/aromatic N) is 1. The number of nitrogens with one attached hydrogen (secondary N) is 1. The Hall–Kier alpha value is -2.35. The largest absolute Gasteiger partial charge is 0.490 e. The van der Waals surface area contributed by atoms with Crippen LogP contribution in [-0.2, 0) is 10.0 Å². The van der Waals surface area contributed by atoms with Crippen LogP contribution in [0.2, 0.25) is 0 Å². The van der Waals surface area contributed by atoms with E-state index in [0.29, 0.717) is 24.7 Å². The highest BCUT2D eigenvalue weighted by Crippen LogP contribution is 2.32. The lowest BCUT2D eigenvalue weighted by Crippen LogP contribution is -2.14. The van der Waals surface area contributed by atoms with Gasteiger partial charge in [0.1, 0.15) is 0 Å². The third kappa shape index (κ3) is 2.96. The van der Waals surface area contributed by atoms with E-state index >= 15 is 0 Å². The van der Waals surface area contributed by atoms with Gasteiger partial charge in [0, 0.05) is 18.7 Å². The predicted octanol–water partition coefficient (Wildman–Crippen LogP) is 2.18. The molecule has 0 atom stereocenters. The highest BCUT2D eigenvalue weighted by atomic mass is 32.2. The lowest BCUT2D eigenvalue weighted by Gasteiger charge is -2.11. The number of sulfonamides is 1. The summed E-state index contributed by atoms with van der Waals surface area (Å²) in [6.45, 7) is 0.961. The van der Waals surface area contributed by atoms with Crippen molar-refractivity contribution >= 4 is 15.7 Å². The molecule has 0 bridgehead atoms.